The lowest BCUT2D eigenvalue weighted by molar-refractivity contribution is 0.184. The number of nitrogens with zero attached hydrogens (tertiary/aromatic N) is 3. The number of aromatic nitrogens is 3. The van der Waals surface area contributed by atoms with E-state index in [1.54, 1.807) is 18.4 Å². The third-order valence-electron chi connectivity index (χ3n) is 2.15. The van der Waals surface area contributed by atoms with Crippen LogP contribution in [-0.4, -0.2) is 22.3 Å². The number of methoxy groups -OCH3 is 1. The summed E-state index contributed by atoms with van der Waals surface area (Å²) in [7, 11) is 1.67. The third-order valence-corrected chi connectivity index (χ3v) is 4.10. The minimum absolute atomic E-state index is 0.344. The van der Waals surface area contributed by atoms with Gasteiger partial charge >= 0.3 is 0 Å². The van der Waals surface area contributed by atoms with Gasteiger partial charge in [-0.15, -0.1) is 21.5 Å². The molecule has 0 spiro atoms. The molecule has 0 saturated carbocycles. The predicted molar refractivity (Wildman–Crippen MR) is 70.2 cm³/mol. The summed E-state index contributed by atoms with van der Waals surface area (Å²) in [6.07, 6.45) is 0. The Bertz CT molecular complexity index is 506. The molecule has 0 aromatic carbocycles. The number of nitrogen functional groups attached to an aromatic ring is 1. The fourth-order valence-corrected chi connectivity index (χ4v) is 3.31. The molecule has 92 valence electrons. The Morgan fingerprint density at radius 1 is 1.29 bits per heavy atom. The minimum atomic E-state index is 0.344. The summed E-state index contributed by atoms with van der Waals surface area (Å²) < 4.78 is 5.11. The van der Waals surface area contributed by atoms with Crippen molar-refractivity contribution in [2.75, 3.05) is 12.8 Å². The van der Waals surface area contributed by atoms with E-state index in [0.717, 1.165) is 20.6 Å². The van der Waals surface area contributed by atoms with E-state index in [-0.39, 0.29) is 0 Å². The van der Waals surface area contributed by atoms with E-state index in [9.17, 15) is 0 Å². The maximum absolute atomic E-state index is 5.61. The van der Waals surface area contributed by atoms with Gasteiger partial charge in [-0.1, -0.05) is 25.2 Å². The molecule has 2 heterocycles. The molecule has 2 aromatic heterocycles. The summed E-state index contributed by atoms with van der Waals surface area (Å²) in [6.45, 7) is 4.75. The second-order valence-electron chi connectivity index (χ2n) is 3.86. The van der Waals surface area contributed by atoms with Crippen LogP contribution >= 0.6 is 22.7 Å². The first-order chi connectivity index (χ1) is 8.11. The van der Waals surface area contributed by atoms with Crippen molar-refractivity contribution in [3.8, 4) is 9.88 Å². The van der Waals surface area contributed by atoms with Crippen molar-refractivity contribution in [1.82, 2.24) is 15.2 Å². The van der Waals surface area contributed by atoms with Crippen LogP contribution in [0.4, 0.5) is 5.13 Å². The molecular formula is C10H14N4OS2. The Labute approximate surface area is 108 Å². The summed E-state index contributed by atoms with van der Waals surface area (Å²) in [5, 5.41) is 10.2. The highest BCUT2D eigenvalue weighted by Gasteiger charge is 2.18. The Morgan fingerprint density at radius 2 is 2.06 bits per heavy atom. The lowest BCUT2D eigenvalue weighted by Gasteiger charge is -2.01. The van der Waals surface area contributed by atoms with Gasteiger partial charge < -0.3 is 10.5 Å². The van der Waals surface area contributed by atoms with Crippen molar-refractivity contribution in [2.45, 2.75) is 26.4 Å². The normalized spacial score (nSPS) is 11.3. The molecule has 0 amide bonds. The first kappa shape index (κ1) is 12.4. The van der Waals surface area contributed by atoms with E-state index < -0.39 is 0 Å². The van der Waals surface area contributed by atoms with Gasteiger partial charge in [0.15, 0.2) is 5.01 Å². The van der Waals surface area contributed by atoms with Crippen molar-refractivity contribution in [3.05, 3.63) is 10.7 Å². The second-order valence-corrected chi connectivity index (χ2v) is 5.95. The fourth-order valence-electron chi connectivity index (χ4n) is 1.43. The lowest BCUT2D eigenvalue weighted by Crippen LogP contribution is -1.92. The van der Waals surface area contributed by atoms with Gasteiger partial charge in [0.1, 0.15) is 5.01 Å². The van der Waals surface area contributed by atoms with Crippen LogP contribution in [0.15, 0.2) is 0 Å². The third kappa shape index (κ3) is 2.62. The largest absolute Gasteiger partial charge is 0.378 e. The number of rotatable bonds is 4. The average molecular weight is 270 g/mol. The predicted octanol–water partition coefficient (Wildman–Crippen LogP) is 2.51. The fraction of sp³-hybridized carbons (Fsp3) is 0.500. The Balaban J connectivity index is 2.44. The van der Waals surface area contributed by atoms with Crippen LogP contribution in [0.5, 0.6) is 0 Å². The molecule has 0 aliphatic heterocycles. The molecule has 17 heavy (non-hydrogen) atoms. The molecule has 0 saturated heterocycles. The number of ether oxygens (including phenoxy) is 1. The summed E-state index contributed by atoms with van der Waals surface area (Å²) in [4.78, 5) is 5.63. The topological polar surface area (TPSA) is 73.9 Å². The average Bonchev–Trinajstić information content (AvgIpc) is 2.84. The molecular weight excluding hydrogens is 256 g/mol. The van der Waals surface area contributed by atoms with Gasteiger partial charge in [-0.05, 0) is 5.92 Å². The van der Waals surface area contributed by atoms with Crippen molar-refractivity contribution >= 4 is 27.8 Å². The van der Waals surface area contributed by atoms with E-state index in [0.29, 0.717) is 17.7 Å². The quantitative estimate of drug-likeness (QED) is 0.924. The molecule has 0 atom stereocenters. The molecule has 2 rings (SSSR count). The molecule has 0 unspecified atom stereocenters. The molecule has 2 N–H and O–H groups in total. The molecule has 2 aromatic rings. The zero-order valence-corrected chi connectivity index (χ0v) is 11.6. The van der Waals surface area contributed by atoms with Gasteiger partial charge in [-0.25, -0.2) is 4.98 Å². The Morgan fingerprint density at radius 3 is 2.59 bits per heavy atom. The van der Waals surface area contributed by atoms with Crippen LogP contribution in [0.25, 0.3) is 9.88 Å². The molecule has 0 fully saturated rings. The Hall–Kier alpha value is -1.05. The van der Waals surface area contributed by atoms with Gasteiger partial charge in [0.05, 0.1) is 17.2 Å². The summed E-state index contributed by atoms with van der Waals surface area (Å²) >= 11 is 2.98. The lowest BCUT2D eigenvalue weighted by atomic mass is 10.1. The summed E-state index contributed by atoms with van der Waals surface area (Å²) in [5.41, 5.74) is 6.65. The number of hydrogen-bond acceptors (Lipinski definition) is 7. The van der Waals surface area contributed by atoms with Crippen LogP contribution in [0, 0.1) is 0 Å². The highest BCUT2D eigenvalue weighted by atomic mass is 32.1. The van der Waals surface area contributed by atoms with Crippen molar-refractivity contribution in [1.29, 1.82) is 0 Å². The van der Waals surface area contributed by atoms with Crippen LogP contribution in [0.1, 0.15) is 30.5 Å². The highest BCUT2D eigenvalue weighted by molar-refractivity contribution is 7.23. The number of anilines is 1. The number of nitrogens with two attached hydrogens (primary N) is 1. The van der Waals surface area contributed by atoms with E-state index in [2.05, 4.69) is 29.0 Å². The number of hydrogen-bond donors (Lipinski definition) is 1. The van der Waals surface area contributed by atoms with Gasteiger partial charge in [0.25, 0.3) is 0 Å². The smallest absolute Gasteiger partial charge is 0.203 e. The zero-order chi connectivity index (χ0) is 12.4. The molecule has 0 aliphatic carbocycles. The van der Waals surface area contributed by atoms with Crippen LogP contribution in [0.2, 0.25) is 0 Å². The highest BCUT2D eigenvalue weighted by Crippen LogP contribution is 2.36. The van der Waals surface area contributed by atoms with Gasteiger partial charge in [-0.2, -0.15) is 0 Å². The van der Waals surface area contributed by atoms with E-state index >= 15 is 0 Å². The second kappa shape index (κ2) is 5.07. The monoisotopic (exact) mass is 270 g/mol. The van der Waals surface area contributed by atoms with E-state index in [4.69, 9.17) is 10.5 Å². The Kier molecular flexibility index (Phi) is 3.70. The zero-order valence-electron chi connectivity index (χ0n) is 9.93. The SMILES string of the molecule is COCc1nc(C(C)C)c(-c2nnc(N)s2)s1. The van der Waals surface area contributed by atoms with Gasteiger partial charge in [0, 0.05) is 7.11 Å². The summed E-state index contributed by atoms with van der Waals surface area (Å²) in [5.74, 6) is 0.344. The molecule has 5 nitrogen and oxygen atoms in total. The first-order valence-electron chi connectivity index (χ1n) is 5.19. The van der Waals surface area contributed by atoms with Crippen LogP contribution < -0.4 is 5.73 Å². The van der Waals surface area contributed by atoms with Gasteiger partial charge in [-0.3, -0.25) is 0 Å². The first-order valence-corrected chi connectivity index (χ1v) is 6.83. The van der Waals surface area contributed by atoms with Gasteiger partial charge in [0.2, 0.25) is 5.13 Å². The summed E-state index contributed by atoms with van der Waals surface area (Å²) in [6, 6.07) is 0. The van der Waals surface area contributed by atoms with E-state index in [1.165, 1.54) is 11.3 Å². The maximum Gasteiger partial charge on any atom is 0.203 e. The van der Waals surface area contributed by atoms with Crippen molar-refractivity contribution in [3.63, 3.8) is 0 Å². The maximum atomic E-state index is 5.61. The minimum Gasteiger partial charge on any atom is -0.378 e. The van der Waals surface area contributed by atoms with Crippen LogP contribution in [0.3, 0.4) is 0 Å². The van der Waals surface area contributed by atoms with E-state index in [1.807, 2.05) is 0 Å². The molecule has 7 heteroatoms. The van der Waals surface area contributed by atoms with Crippen molar-refractivity contribution in [2.24, 2.45) is 0 Å². The van der Waals surface area contributed by atoms with Crippen LogP contribution in [-0.2, 0) is 11.3 Å². The molecule has 0 bridgehead atoms. The van der Waals surface area contributed by atoms with Crippen molar-refractivity contribution < 1.29 is 4.74 Å². The number of thiazole rings is 1. The molecule has 0 radical (unpaired) electrons. The standard InChI is InChI=1S/C10H14N4OS2/c1-5(2)7-8(9-13-14-10(11)17-9)16-6(12-7)4-15-3/h5H,4H2,1-3H3,(H2,11,14). The molecule has 0 aliphatic rings.